The number of hydrogen-bond donors (Lipinski definition) is 3. The summed E-state index contributed by atoms with van der Waals surface area (Å²) in [5.41, 5.74) is 7.22. The zero-order valence-corrected chi connectivity index (χ0v) is 16.7. The number of fused-ring (bicyclic) bond motifs is 1. The van der Waals surface area contributed by atoms with Crippen LogP contribution in [0.4, 0.5) is 5.00 Å². The average Bonchev–Trinajstić information content (AvgIpc) is 3.15. The van der Waals surface area contributed by atoms with Gasteiger partial charge in [0, 0.05) is 9.75 Å². The van der Waals surface area contributed by atoms with Crippen LogP contribution < -0.4 is 16.4 Å². The molecule has 0 aromatic carbocycles. The largest absolute Gasteiger partial charge is 0.365 e. The number of nitrogens with one attached hydrogen (secondary N) is 2. The summed E-state index contributed by atoms with van der Waals surface area (Å²) in [7, 11) is 0. The molecule has 0 spiro atoms. The summed E-state index contributed by atoms with van der Waals surface area (Å²) in [4.78, 5) is 26.3. The first-order valence-corrected chi connectivity index (χ1v) is 10.7. The minimum absolute atomic E-state index is 0.180. The lowest BCUT2D eigenvalue weighted by molar-refractivity contribution is -0.118. The smallest absolute Gasteiger partial charge is 0.251 e. The molecule has 3 rings (SSSR count). The highest BCUT2D eigenvalue weighted by Crippen LogP contribution is 2.36. The van der Waals surface area contributed by atoms with E-state index >= 15 is 0 Å². The van der Waals surface area contributed by atoms with Crippen LogP contribution >= 0.6 is 34.9 Å². The van der Waals surface area contributed by atoms with E-state index in [2.05, 4.69) is 10.6 Å². The fraction of sp³-hybridized carbons (Fsp3) is 0.389. The van der Waals surface area contributed by atoms with Crippen molar-refractivity contribution in [3.63, 3.8) is 0 Å². The van der Waals surface area contributed by atoms with Crippen LogP contribution in [0, 0.1) is 0 Å². The summed E-state index contributed by atoms with van der Waals surface area (Å²) in [6, 6.07) is 3.81. The number of nitrogens with two attached hydrogens (primary N) is 1. The molecule has 2 heterocycles. The van der Waals surface area contributed by atoms with Gasteiger partial charge in [-0.25, -0.2) is 0 Å². The number of primary amides is 1. The third kappa shape index (κ3) is 4.69. The lowest BCUT2D eigenvalue weighted by Gasteiger charge is -2.11. The van der Waals surface area contributed by atoms with Crippen molar-refractivity contribution in [1.29, 1.82) is 0 Å². The molecule has 0 bridgehead atoms. The Balaban J connectivity index is 1.71. The molecule has 1 aliphatic rings. The number of carbonyl (C=O) groups is 2. The van der Waals surface area contributed by atoms with Crippen molar-refractivity contribution >= 4 is 56.8 Å². The Morgan fingerprint density at radius 3 is 2.65 bits per heavy atom. The van der Waals surface area contributed by atoms with Gasteiger partial charge < -0.3 is 16.4 Å². The first-order chi connectivity index (χ1) is 12.5. The van der Waals surface area contributed by atoms with E-state index in [4.69, 9.17) is 18.0 Å². The highest BCUT2D eigenvalue weighted by atomic mass is 32.1. The number of thiocarbonyl (C=S) groups is 1. The van der Waals surface area contributed by atoms with Crippen molar-refractivity contribution in [3.05, 3.63) is 38.4 Å². The van der Waals surface area contributed by atoms with Crippen LogP contribution in [0.15, 0.2) is 17.5 Å². The quantitative estimate of drug-likeness (QED) is 0.676. The van der Waals surface area contributed by atoms with E-state index in [0.29, 0.717) is 10.6 Å². The Hall–Kier alpha value is -1.77. The maximum atomic E-state index is 12.1. The number of amides is 2. The number of carbonyl (C=O) groups excluding carboxylic acids is 2. The van der Waals surface area contributed by atoms with Gasteiger partial charge in [0.1, 0.15) is 5.00 Å². The van der Waals surface area contributed by atoms with Crippen LogP contribution in [0.1, 0.15) is 51.4 Å². The molecule has 0 aliphatic heterocycles. The van der Waals surface area contributed by atoms with Gasteiger partial charge in [-0.2, -0.15) is 0 Å². The van der Waals surface area contributed by atoms with Crippen LogP contribution in [0.25, 0.3) is 0 Å². The first kappa shape index (κ1) is 19.0. The minimum atomic E-state index is -0.446. The summed E-state index contributed by atoms with van der Waals surface area (Å²) < 4.78 is 0. The summed E-state index contributed by atoms with van der Waals surface area (Å²) >= 11 is 8.32. The topological polar surface area (TPSA) is 84.2 Å². The van der Waals surface area contributed by atoms with Gasteiger partial charge in [0.2, 0.25) is 5.91 Å². The Kier molecular flexibility index (Phi) is 6.39. The number of aryl methyl sites for hydroxylation is 1. The van der Waals surface area contributed by atoms with E-state index in [9.17, 15) is 9.59 Å². The molecule has 0 radical (unpaired) electrons. The Morgan fingerprint density at radius 1 is 1.19 bits per heavy atom. The molecule has 0 fully saturated rings. The van der Waals surface area contributed by atoms with Crippen LogP contribution in [0.3, 0.4) is 0 Å². The Labute approximate surface area is 166 Å². The maximum Gasteiger partial charge on any atom is 0.251 e. The average molecular weight is 408 g/mol. The monoisotopic (exact) mass is 407 g/mol. The van der Waals surface area contributed by atoms with Gasteiger partial charge in [0.25, 0.3) is 5.91 Å². The lowest BCUT2D eigenvalue weighted by atomic mass is 9.96. The molecule has 26 heavy (non-hydrogen) atoms. The van der Waals surface area contributed by atoms with Crippen molar-refractivity contribution in [3.8, 4) is 0 Å². The highest BCUT2D eigenvalue weighted by molar-refractivity contribution is 7.80. The van der Waals surface area contributed by atoms with Crippen LogP contribution in [0.5, 0.6) is 0 Å². The van der Waals surface area contributed by atoms with E-state index in [1.54, 1.807) is 0 Å². The van der Waals surface area contributed by atoms with Crippen LogP contribution in [-0.4, -0.2) is 16.9 Å². The van der Waals surface area contributed by atoms with Crippen LogP contribution in [-0.2, 0) is 24.1 Å². The molecule has 0 saturated carbocycles. The normalized spacial score (nSPS) is 14.0. The number of hydrogen-bond acceptors (Lipinski definition) is 5. The first-order valence-electron chi connectivity index (χ1n) is 8.62. The highest BCUT2D eigenvalue weighted by Gasteiger charge is 2.23. The molecule has 1 aliphatic carbocycles. The van der Waals surface area contributed by atoms with Gasteiger partial charge in [0.05, 0.1) is 12.0 Å². The molecule has 2 aromatic heterocycles. The molecule has 8 heteroatoms. The fourth-order valence-electron chi connectivity index (χ4n) is 3.14. The SMILES string of the molecule is NC(=O)c1c(NC(=S)NC(=O)Cc2cccs2)sc2c1CCCCCC2. The van der Waals surface area contributed by atoms with Gasteiger partial charge in [-0.3, -0.25) is 9.59 Å². The molecule has 0 atom stereocenters. The molecular weight excluding hydrogens is 386 g/mol. The molecule has 0 saturated heterocycles. The van der Waals surface area contributed by atoms with Crippen molar-refractivity contribution in [1.82, 2.24) is 5.32 Å². The molecular formula is C18H21N3O2S3. The second kappa shape index (κ2) is 8.75. The van der Waals surface area contributed by atoms with Crippen LogP contribution in [0.2, 0.25) is 0 Å². The number of thiophene rings is 2. The van der Waals surface area contributed by atoms with Crippen molar-refractivity contribution in [2.24, 2.45) is 5.73 Å². The molecule has 0 unspecified atom stereocenters. The summed E-state index contributed by atoms with van der Waals surface area (Å²) in [6.07, 6.45) is 6.67. The fourth-order valence-corrected chi connectivity index (χ4v) is 5.43. The minimum Gasteiger partial charge on any atom is -0.365 e. The zero-order valence-electron chi connectivity index (χ0n) is 14.3. The van der Waals surface area contributed by atoms with Gasteiger partial charge >= 0.3 is 0 Å². The van der Waals surface area contributed by atoms with Gasteiger partial charge in [-0.05, 0) is 54.9 Å². The van der Waals surface area contributed by atoms with E-state index < -0.39 is 5.91 Å². The maximum absolute atomic E-state index is 12.1. The van der Waals surface area contributed by atoms with Crippen molar-refractivity contribution in [2.75, 3.05) is 5.32 Å². The predicted molar refractivity (Wildman–Crippen MR) is 111 cm³/mol. The lowest BCUT2D eigenvalue weighted by Crippen LogP contribution is -2.35. The van der Waals surface area contributed by atoms with Gasteiger partial charge in [-0.15, -0.1) is 22.7 Å². The Bertz CT molecular complexity index is 812. The summed E-state index contributed by atoms with van der Waals surface area (Å²) in [6.45, 7) is 0. The predicted octanol–water partition coefficient (Wildman–Crippen LogP) is 3.62. The second-order valence-corrected chi connectivity index (χ2v) is 8.79. The third-order valence-electron chi connectivity index (χ3n) is 4.31. The van der Waals surface area contributed by atoms with Crippen molar-refractivity contribution < 1.29 is 9.59 Å². The van der Waals surface area contributed by atoms with Gasteiger partial charge in [-0.1, -0.05) is 18.9 Å². The number of rotatable bonds is 4. The van der Waals surface area contributed by atoms with Gasteiger partial charge in [0.15, 0.2) is 5.11 Å². The third-order valence-corrected chi connectivity index (χ3v) is 6.60. The number of anilines is 1. The molecule has 4 N–H and O–H groups in total. The van der Waals surface area contributed by atoms with E-state index in [-0.39, 0.29) is 17.4 Å². The van der Waals surface area contributed by atoms with Crippen molar-refractivity contribution in [2.45, 2.75) is 44.9 Å². The van der Waals surface area contributed by atoms with E-state index in [0.717, 1.165) is 36.1 Å². The second-order valence-electron chi connectivity index (χ2n) is 6.24. The molecule has 2 amide bonds. The summed E-state index contributed by atoms with van der Waals surface area (Å²) in [5, 5.41) is 8.47. The molecule has 2 aromatic rings. The zero-order chi connectivity index (χ0) is 18.5. The summed E-state index contributed by atoms with van der Waals surface area (Å²) in [5.74, 6) is -0.626. The standard InChI is InChI=1S/C18H21N3O2S3/c19-16(23)15-12-7-3-1-2-4-8-13(12)26-17(15)21-18(24)20-14(22)10-11-6-5-9-25-11/h5-6,9H,1-4,7-8,10H2,(H2,19,23)(H2,20,21,22,24). The molecule has 138 valence electrons. The molecule has 5 nitrogen and oxygen atoms in total. The van der Waals surface area contributed by atoms with E-state index in [1.165, 1.54) is 40.4 Å². The van der Waals surface area contributed by atoms with E-state index in [1.807, 2.05) is 17.5 Å². The Morgan fingerprint density at radius 2 is 1.96 bits per heavy atom.